The molecule has 3 amide bonds. The van der Waals surface area contributed by atoms with Gasteiger partial charge in [-0.3, -0.25) is 14.5 Å². The van der Waals surface area contributed by atoms with Crippen molar-refractivity contribution in [3.8, 4) is 5.75 Å². The third-order valence-corrected chi connectivity index (χ3v) is 9.40. The number of H-pyrrole nitrogens is 1. The summed E-state index contributed by atoms with van der Waals surface area (Å²) in [5.41, 5.74) is -0.645. The van der Waals surface area contributed by atoms with Crippen LogP contribution in [0.5, 0.6) is 5.75 Å². The lowest BCUT2D eigenvalue weighted by Crippen LogP contribution is -2.47. The van der Waals surface area contributed by atoms with Gasteiger partial charge in [0.1, 0.15) is 17.0 Å². The first-order valence-electron chi connectivity index (χ1n) is 12.6. The molecule has 1 aromatic heterocycles. The van der Waals surface area contributed by atoms with E-state index in [9.17, 15) is 33.4 Å². The van der Waals surface area contributed by atoms with Gasteiger partial charge in [-0.25, -0.2) is 4.79 Å². The second-order valence-electron chi connectivity index (χ2n) is 9.84. The van der Waals surface area contributed by atoms with Gasteiger partial charge < -0.3 is 25.0 Å². The highest BCUT2D eigenvalue weighted by atomic mass is 35.5. The molecular formula is C27H23Cl3F2N4O5S. The molecule has 222 valence electrons. The van der Waals surface area contributed by atoms with Crippen molar-refractivity contribution in [3.63, 3.8) is 0 Å². The summed E-state index contributed by atoms with van der Waals surface area (Å²) in [6, 6.07) is 6.64. The molecule has 9 nitrogen and oxygen atoms in total. The van der Waals surface area contributed by atoms with E-state index in [2.05, 4.69) is 0 Å². The van der Waals surface area contributed by atoms with Crippen LogP contribution >= 0.6 is 46.6 Å². The molecule has 0 aliphatic carbocycles. The highest BCUT2D eigenvalue weighted by Gasteiger charge is 2.35. The minimum Gasteiger partial charge on any atom is -0.506 e. The first-order chi connectivity index (χ1) is 19.8. The number of aromatic nitrogens is 1. The van der Waals surface area contributed by atoms with Gasteiger partial charge in [0.15, 0.2) is 0 Å². The van der Waals surface area contributed by atoms with E-state index in [0.717, 1.165) is 6.07 Å². The number of amides is 3. The number of urea groups is 1. The molecule has 1 saturated heterocycles. The standard InChI is InChI=1S/C27H23Cl3F2N4O5S/c1-34-5-2-6-36(26(34)41)17-7-14-10-35(11-15(14)8-18(17)38)25(40)21-19(9-20(27(30,31)32)33-24(21)39)42-23-16(28)4-3-13(12-37)22(23)29/h3-4,7-9,37-38H,2,5-6,10-12H2,1H3,(H,33,39). The molecule has 2 aliphatic heterocycles. The lowest BCUT2D eigenvalue weighted by Gasteiger charge is -2.33. The zero-order valence-electron chi connectivity index (χ0n) is 21.9. The maximum Gasteiger partial charge on any atom is 0.362 e. The van der Waals surface area contributed by atoms with Crippen LogP contribution in [0.3, 0.4) is 0 Å². The van der Waals surface area contributed by atoms with E-state index < -0.39 is 34.7 Å². The fourth-order valence-electron chi connectivity index (χ4n) is 4.90. The van der Waals surface area contributed by atoms with Crippen molar-refractivity contribution in [2.45, 2.75) is 41.3 Å². The van der Waals surface area contributed by atoms with Crippen LogP contribution < -0.4 is 10.5 Å². The van der Waals surface area contributed by atoms with E-state index in [-0.39, 0.29) is 44.7 Å². The predicted molar refractivity (Wildman–Crippen MR) is 155 cm³/mol. The van der Waals surface area contributed by atoms with Crippen LogP contribution in [0.15, 0.2) is 44.9 Å². The quantitative estimate of drug-likeness (QED) is 0.291. The van der Waals surface area contributed by atoms with Gasteiger partial charge in [-0.2, -0.15) is 8.78 Å². The summed E-state index contributed by atoms with van der Waals surface area (Å²) >= 11 is 18.6. The second kappa shape index (κ2) is 11.6. The van der Waals surface area contributed by atoms with Gasteiger partial charge in [-0.1, -0.05) is 41.0 Å². The average Bonchev–Trinajstić information content (AvgIpc) is 3.34. The number of anilines is 1. The van der Waals surface area contributed by atoms with Crippen molar-refractivity contribution in [3.05, 3.63) is 78.7 Å². The number of rotatable bonds is 6. The summed E-state index contributed by atoms with van der Waals surface area (Å²) in [7, 11) is 1.66. The number of nitrogens with zero attached hydrogens (tertiary/aromatic N) is 3. The van der Waals surface area contributed by atoms with Gasteiger partial charge in [0.05, 0.1) is 22.3 Å². The number of carbonyl (C=O) groups is 2. The Morgan fingerprint density at radius 3 is 2.48 bits per heavy atom. The molecule has 2 aliphatic rings. The maximum absolute atomic E-state index is 14.1. The number of nitrogens with one attached hydrogen (secondary N) is 1. The number of pyridine rings is 1. The molecule has 2 aromatic carbocycles. The Hall–Kier alpha value is -3.03. The summed E-state index contributed by atoms with van der Waals surface area (Å²) in [4.78, 5) is 45.9. The topological polar surface area (TPSA) is 117 Å². The molecule has 3 aromatic rings. The van der Waals surface area contributed by atoms with Crippen LogP contribution in [0.25, 0.3) is 0 Å². The van der Waals surface area contributed by atoms with Crippen LogP contribution in [-0.2, 0) is 25.1 Å². The Morgan fingerprint density at radius 1 is 1.12 bits per heavy atom. The molecule has 15 heteroatoms. The van der Waals surface area contributed by atoms with Crippen LogP contribution in [0.1, 0.15) is 39.2 Å². The molecule has 0 saturated carbocycles. The molecule has 0 atom stereocenters. The van der Waals surface area contributed by atoms with Crippen LogP contribution in [0.2, 0.25) is 10.0 Å². The first-order valence-corrected chi connectivity index (χ1v) is 14.5. The predicted octanol–water partition coefficient (Wildman–Crippen LogP) is 5.74. The van der Waals surface area contributed by atoms with Crippen LogP contribution in [-0.4, -0.2) is 57.1 Å². The Bertz CT molecular complexity index is 1670. The molecule has 1 fully saturated rings. The fraction of sp³-hybridized carbons (Fsp3) is 0.296. The van der Waals surface area contributed by atoms with E-state index in [4.69, 9.17) is 34.8 Å². The third-order valence-electron chi connectivity index (χ3n) is 7.06. The number of aliphatic hydroxyl groups is 1. The summed E-state index contributed by atoms with van der Waals surface area (Å²) in [6.45, 7) is 0.601. The summed E-state index contributed by atoms with van der Waals surface area (Å²) in [5, 5.41) is 16.5. The van der Waals surface area contributed by atoms with Crippen molar-refractivity contribution in [2.75, 3.05) is 25.0 Å². The SMILES string of the molecule is CN1CCCN(c2cc3c(cc2O)CN(C(=O)c2c(Sc4c(Cl)ccc(CO)c4Cl)cc(C(F)(F)Cl)[nH]c2=O)C3)C1=O. The van der Waals surface area contributed by atoms with E-state index >= 15 is 0 Å². The molecule has 0 unspecified atom stereocenters. The molecule has 0 spiro atoms. The van der Waals surface area contributed by atoms with E-state index in [1.165, 1.54) is 28.0 Å². The molecule has 42 heavy (non-hydrogen) atoms. The highest BCUT2D eigenvalue weighted by Crippen LogP contribution is 2.43. The number of alkyl halides is 3. The second-order valence-corrected chi connectivity index (χ2v) is 12.2. The van der Waals surface area contributed by atoms with Gasteiger partial charge in [0.2, 0.25) is 0 Å². The fourth-order valence-corrected chi connectivity index (χ4v) is 6.73. The minimum absolute atomic E-state index is 0.00826. The molecule has 3 N–H and O–H groups in total. The van der Waals surface area contributed by atoms with Crippen LogP contribution in [0, 0.1) is 0 Å². The Balaban J connectivity index is 1.52. The number of benzene rings is 2. The Labute approximate surface area is 257 Å². The van der Waals surface area contributed by atoms with E-state index in [1.807, 2.05) is 4.98 Å². The summed E-state index contributed by atoms with van der Waals surface area (Å²) in [6.07, 6.45) is 0.708. The number of hydrogen-bond acceptors (Lipinski definition) is 6. The normalized spacial score (nSPS) is 15.4. The highest BCUT2D eigenvalue weighted by molar-refractivity contribution is 7.99. The maximum atomic E-state index is 14.1. The molecule has 5 rings (SSSR count). The Kier molecular flexibility index (Phi) is 8.38. The van der Waals surface area contributed by atoms with Crippen molar-refractivity contribution in [1.29, 1.82) is 0 Å². The van der Waals surface area contributed by atoms with E-state index in [1.54, 1.807) is 18.0 Å². The summed E-state index contributed by atoms with van der Waals surface area (Å²) < 4.78 is 28.2. The smallest absolute Gasteiger partial charge is 0.362 e. The van der Waals surface area contributed by atoms with Crippen molar-refractivity contribution in [2.24, 2.45) is 0 Å². The van der Waals surface area contributed by atoms with Gasteiger partial charge in [-0.15, -0.1) is 0 Å². The zero-order chi connectivity index (χ0) is 30.5. The zero-order valence-corrected chi connectivity index (χ0v) is 25.0. The molecular weight excluding hydrogens is 637 g/mol. The van der Waals surface area contributed by atoms with E-state index in [0.29, 0.717) is 53.6 Å². The number of phenols is 1. The number of hydrogen-bond donors (Lipinski definition) is 3. The summed E-state index contributed by atoms with van der Waals surface area (Å²) in [5.74, 6) is -0.915. The number of aliphatic hydroxyl groups excluding tert-OH is 1. The monoisotopic (exact) mass is 658 g/mol. The Morgan fingerprint density at radius 2 is 1.81 bits per heavy atom. The molecule has 0 radical (unpaired) electrons. The third kappa shape index (κ3) is 5.66. The number of phenolic OH excluding ortho intramolecular Hbond substituents is 1. The number of carbonyl (C=O) groups excluding carboxylic acids is 2. The number of fused-ring (bicyclic) bond motifs is 1. The largest absolute Gasteiger partial charge is 0.506 e. The average molecular weight is 660 g/mol. The van der Waals surface area contributed by atoms with Crippen molar-refractivity contribution >= 4 is 64.2 Å². The van der Waals surface area contributed by atoms with Gasteiger partial charge in [0, 0.05) is 43.0 Å². The number of aromatic hydroxyl groups is 1. The van der Waals surface area contributed by atoms with Gasteiger partial charge in [-0.05, 0) is 59.0 Å². The lowest BCUT2D eigenvalue weighted by atomic mass is 10.1. The van der Waals surface area contributed by atoms with Crippen molar-refractivity contribution in [1.82, 2.24) is 14.8 Å². The molecule has 3 heterocycles. The van der Waals surface area contributed by atoms with Crippen LogP contribution in [0.4, 0.5) is 19.3 Å². The number of halogens is 5. The number of aromatic amines is 1. The van der Waals surface area contributed by atoms with Gasteiger partial charge >= 0.3 is 11.4 Å². The lowest BCUT2D eigenvalue weighted by molar-refractivity contribution is 0.0740. The van der Waals surface area contributed by atoms with Gasteiger partial charge in [0.25, 0.3) is 11.5 Å². The first kappa shape index (κ1) is 30.4. The minimum atomic E-state index is -3.95. The van der Waals surface area contributed by atoms with Crippen molar-refractivity contribution < 1.29 is 28.6 Å². The molecule has 0 bridgehead atoms.